The lowest BCUT2D eigenvalue weighted by Gasteiger charge is -2.36. The number of anilines is 2. The maximum absolute atomic E-state index is 12.8. The summed E-state index contributed by atoms with van der Waals surface area (Å²) < 4.78 is 5.80. The minimum Gasteiger partial charge on any atom is -0.489 e. The van der Waals surface area contributed by atoms with Crippen LogP contribution >= 0.6 is 22.9 Å². The normalized spacial score (nSPS) is 13.3. The summed E-state index contributed by atoms with van der Waals surface area (Å²) in [6, 6.07) is 26.2. The molecule has 1 aliphatic heterocycles. The van der Waals surface area contributed by atoms with Crippen LogP contribution in [0.5, 0.6) is 5.75 Å². The topological polar surface area (TPSA) is 61.9 Å². The number of rotatable bonds is 7. The van der Waals surface area contributed by atoms with Crippen molar-refractivity contribution in [1.29, 1.82) is 0 Å². The zero-order valence-electron chi connectivity index (χ0n) is 20.1. The molecular formula is C29H26ClN3O3S. The molecule has 1 saturated heterocycles. The fraction of sp³-hybridized carbons (Fsp3) is 0.172. The van der Waals surface area contributed by atoms with Gasteiger partial charge in [-0.2, -0.15) is 0 Å². The summed E-state index contributed by atoms with van der Waals surface area (Å²) in [6.45, 7) is 3.13. The Hall–Kier alpha value is -3.81. The Labute approximate surface area is 225 Å². The van der Waals surface area contributed by atoms with Gasteiger partial charge in [-0.1, -0.05) is 48.0 Å². The van der Waals surface area contributed by atoms with Crippen LogP contribution < -0.4 is 15.0 Å². The van der Waals surface area contributed by atoms with E-state index in [0.717, 1.165) is 16.1 Å². The molecule has 6 nitrogen and oxygen atoms in total. The van der Waals surface area contributed by atoms with Crippen molar-refractivity contribution in [3.63, 3.8) is 0 Å². The molecule has 5 rings (SSSR count). The molecule has 0 aliphatic carbocycles. The zero-order valence-corrected chi connectivity index (χ0v) is 21.7. The lowest BCUT2D eigenvalue weighted by atomic mass is 10.2. The van der Waals surface area contributed by atoms with Crippen LogP contribution in [0.2, 0.25) is 5.02 Å². The molecule has 188 valence electrons. The number of amides is 2. The lowest BCUT2D eigenvalue weighted by molar-refractivity contribution is 0.0751. The molecule has 0 spiro atoms. The third-order valence-electron chi connectivity index (χ3n) is 6.21. The lowest BCUT2D eigenvalue weighted by Crippen LogP contribution is -2.48. The van der Waals surface area contributed by atoms with Crippen molar-refractivity contribution in [1.82, 2.24) is 4.90 Å². The predicted molar refractivity (Wildman–Crippen MR) is 149 cm³/mol. The van der Waals surface area contributed by atoms with Crippen LogP contribution in [0.4, 0.5) is 11.4 Å². The van der Waals surface area contributed by atoms with Gasteiger partial charge in [0.15, 0.2) is 0 Å². The van der Waals surface area contributed by atoms with E-state index in [0.29, 0.717) is 54.8 Å². The number of ether oxygens (including phenoxy) is 1. The van der Waals surface area contributed by atoms with Crippen LogP contribution in [0, 0.1) is 0 Å². The first-order valence-corrected chi connectivity index (χ1v) is 13.3. The number of thiophene rings is 1. The van der Waals surface area contributed by atoms with Gasteiger partial charge < -0.3 is 19.9 Å². The van der Waals surface area contributed by atoms with E-state index in [1.165, 1.54) is 11.3 Å². The summed E-state index contributed by atoms with van der Waals surface area (Å²) in [5, 5.41) is 5.38. The Kier molecular flexibility index (Phi) is 7.73. The summed E-state index contributed by atoms with van der Waals surface area (Å²) in [7, 11) is 0. The maximum atomic E-state index is 12.8. The van der Waals surface area contributed by atoms with E-state index in [1.54, 1.807) is 30.3 Å². The number of nitrogens with one attached hydrogen (secondary N) is 1. The van der Waals surface area contributed by atoms with Crippen molar-refractivity contribution < 1.29 is 14.3 Å². The highest BCUT2D eigenvalue weighted by Crippen LogP contribution is 2.30. The van der Waals surface area contributed by atoms with Gasteiger partial charge in [-0.3, -0.25) is 9.59 Å². The fourth-order valence-electron chi connectivity index (χ4n) is 4.19. The molecule has 4 aromatic rings. The van der Waals surface area contributed by atoms with Gasteiger partial charge in [0.05, 0.1) is 15.6 Å². The Balaban J connectivity index is 1.15. The molecule has 8 heteroatoms. The molecule has 1 aliphatic rings. The van der Waals surface area contributed by atoms with Gasteiger partial charge in [0.2, 0.25) is 0 Å². The Morgan fingerprint density at radius 1 is 0.892 bits per heavy atom. The average molecular weight is 532 g/mol. The highest BCUT2D eigenvalue weighted by Gasteiger charge is 2.24. The van der Waals surface area contributed by atoms with Crippen molar-refractivity contribution in [3.05, 3.63) is 111 Å². The van der Waals surface area contributed by atoms with E-state index < -0.39 is 0 Å². The summed E-state index contributed by atoms with van der Waals surface area (Å²) in [6.07, 6.45) is 0. The zero-order chi connectivity index (χ0) is 25.6. The summed E-state index contributed by atoms with van der Waals surface area (Å²) in [5.74, 6) is 0.554. The van der Waals surface area contributed by atoms with Crippen molar-refractivity contribution in [2.24, 2.45) is 0 Å². The third-order valence-corrected chi connectivity index (χ3v) is 7.37. The van der Waals surface area contributed by atoms with Gasteiger partial charge >= 0.3 is 0 Å². The number of hydrogen-bond acceptors (Lipinski definition) is 5. The summed E-state index contributed by atoms with van der Waals surface area (Å²) in [4.78, 5) is 30.2. The Morgan fingerprint density at radius 3 is 2.32 bits per heavy atom. The van der Waals surface area contributed by atoms with Gasteiger partial charge in [0.25, 0.3) is 11.8 Å². The monoisotopic (exact) mass is 531 g/mol. The van der Waals surface area contributed by atoms with Crippen LogP contribution in [0.3, 0.4) is 0 Å². The van der Waals surface area contributed by atoms with Crippen molar-refractivity contribution >= 4 is 46.1 Å². The standard InChI is InChI=1S/C29H26ClN3O3S/c30-25-19-23(10-13-26(25)32-14-16-33(17-15-32)29(35)27-7-4-18-37-27)31-28(34)22-8-11-24(12-9-22)36-20-21-5-2-1-3-6-21/h1-13,18-19H,14-17,20H2,(H,31,34). The highest BCUT2D eigenvalue weighted by atomic mass is 35.5. The fourth-order valence-corrected chi connectivity index (χ4v) is 5.19. The molecule has 37 heavy (non-hydrogen) atoms. The first-order valence-electron chi connectivity index (χ1n) is 12.0. The van der Waals surface area contributed by atoms with Gasteiger partial charge in [0, 0.05) is 37.4 Å². The van der Waals surface area contributed by atoms with Gasteiger partial charge in [0.1, 0.15) is 12.4 Å². The molecule has 1 N–H and O–H groups in total. The Bertz CT molecular complexity index is 1350. The third kappa shape index (κ3) is 6.13. The number of benzene rings is 3. The molecule has 2 amide bonds. The molecule has 0 radical (unpaired) electrons. The number of carbonyl (C=O) groups is 2. The second kappa shape index (κ2) is 11.5. The van der Waals surface area contributed by atoms with Gasteiger partial charge in [-0.25, -0.2) is 0 Å². The molecule has 0 saturated carbocycles. The van der Waals surface area contributed by atoms with Gasteiger partial charge in [-0.15, -0.1) is 11.3 Å². The second-order valence-electron chi connectivity index (χ2n) is 8.68. The van der Waals surface area contributed by atoms with E-state index in [2.05, 4.69) is 10.2 Å². The van der Waals surface area contributed by atoms with Gasteiger partial charge in [-0.05, 0) is 59.5 Å². The molecule has 3 aromatic carbocycles. The molecule has 1 fully saturated rings. The van der Waals surface area contributed by atoms with E-state index in [1.807, 2.05) is 64.9 Å². The molecule has 0 atom stereocenters. The first kappa shape index (κ1) is 24.9. The molecule has 0 unspecified atom stereocenters. The number of halogens is 1. The van der Waals surface area contributed by atoms with E-state index in [9.17, 15) is 9.59 Å². The minimum absolute atomic E-state index is 0.0783. The first-order chi connectivity index (χ1) is 18.1. The Morgan fingerprint density at radius 2 is 1.65 bits per heavy atom. The van der Waals surface area contributed by atoms with Crippen molar-refractivity contribution in [2.45, 2.75) is 6.61 Å². The largest absolute Gasteiger partial charge is 0.489 e. The van der Waals surface area contributed by atoms with E-state index in [4.69, 9.17) is 16.3 Å². The molecule has 1 aromatic heterocycles. The van der Waals surface area contributed by atoms with Crippen LogP contribution in [-0.2, 0) is 6.61 Å². The highest BCUT2D eigenvalue weighted by molar-refractivity contribution is 7.12. The van der Waals surface area contributed by atoms with Crippen LogP contribution in [-0.4, -0.2) is 42.9 Å². The average Bonchev–Trinajstić information content (AvgIpc) is 3.48. The van der Waals surface area contributed by atoms with Crippen molar-refractivity contribution in [2.75, 3.05) is 36.4 Å². The predicted octanol–water partition coefficient (Wildman–Crippen LogP) is 6.20. The van der Waals surface area contributed by atoms with Crippen LogP contribution in [0.25, 0.3) is 0 Å². The quantitative estimate of drug-likeness (QED) is 0.308. The summed E-state index contributed by atoms with van der Waals surface area (Å²) in [5.41, 5.74) is 3.12. The smallest absolute Gasteiger partial charge is 0.264 e. The summed E-state index contributed by atoms with van der Waals surface area (Å²) >= 11 is 8.05. The minimum atomic E-state index is -0.223. The number of nitrogens with zero attached hydrogens (tertiary/aromatic N) is 2. The van der Waals surface area contributed by atoms with Crippen LogP contribution in [0.1, 0.15) is 25.6 Å². The number of piperazine rings is 1. The molecule has 0 bridgehead atoms. The van der Waals surface area contributed by atoms with E-state index >= 15 is 0 Å². The molecular weight excluding hydrogens is 506 g/mol. The maximum Gasteiger partial charge on any atom is 0.264 e. The SMILES string of the molecule is O=C(Nc1ccc(N2CCN(C(=O)c3cccs3)CC2)c(Cl)c1)c1ccc(OCc2ccccc2)cc1. The second-order valence-corrected chi connectivity index (χ2v) is 10.0. The number of hydrogen-bond donors (Lipinski definition) is 1. The molecule has 2 heterocycles. The van der Waals surface area contributed by atoms with E-state index in [-0.39, 0.29) is 11.8 Å². The van der Waals surface area contributed by atoms with Crippen LogP contribution in [0.15, 0.2) is 90.3 Å². The van der Waals surface area contributed by atoms with Crippen molar-refractivity contribution in [3.8, 4) is 5.75 Å². The number of carbonyl (C=O) groups excluding carboxylic acids is 2.